The van der Waals surface area contributed by atoms with Crippen molar-refractivity contribution >= 4 is 23.3 Å². The first-order valence-corrected chi connectivity index (χ1v) is 11.1. The molecule has 1 aromatic rings. The van der Waals surface area contributed by atoms with E-state index in [4.69, 9.17) is 9.98 Å². The van der Waals surface area contributed by atoms with Crippen LogP contribution in [0.15, 0.2) is 27.4 Å². The highest BCUT2D eigenvalue weighted by molar-refractivity contribution is 8.00. The fraction of sp³-hybridized carbons (Fsp3) is 0.667. The van der Waals surface area contributed by atoms with Gasteiger partial charge in [-0.2, -0.15) is 0 Å². The topological polar surface area (TPSA) is 41.4 Å². The van der Waals surface area contributed by atoms with Gasteiger partial charge in [-0.05, 0) is 44.1 Å². The third-order valence-corrected chi connectivity index (χ3v) is 7.12. The van der Waals surface area contributed by atoms with Gasteiger partial charge in [-0.25, -0.2) is 9.97 Å². The van der Waals surface area contributed by atoms with Crippen molar-refractivity contribution in [3.05, 3.63) is 23.2 Å². The number of fused-ring (bicyclic) bond motifs is 4. The Morgan fingerprint density at radius 3 is 2.81 bits per heavy atom. The van der Waals surface area contributed by atoms with E-state index in [1.54, 1.807) is 17.5 Å². The Balaban J connectivity index is 1.68. The standard InChI is InChI=1S/C21H30N4S/c1-4-6-11-16-14-9-8-10-15(14)17-18-19(26-21(17)24-16)20(23-13-22-18)25(3)12-7-5-2/h13,17,21H,4-12H2,1-3H3. The fourth-order valence-corrected chi connectivity index (χ4v) is 5.94. The quantitative estimate of drug-likeness (QED) is 0.648. The van der Waals surface area contributed by atoms with Crippen LogP contribution in [0.3, 0.4) is 0 Å². The van der Waals surface area contributed by atoms with Crippen LogP contribution in [-0.4, -0.2) is 34.6 Å². The van der Waals surface area contributed by atoms with Crippen molar-refractivity contribution in [1.82, 2.24) is 9.97 Å². The Hall–Kier alpha value is -1.36. The highest BCUT2D eigenvalue weighted by Gasteiger charge is 2.44. The zero-order valence-electron chi connectivity index (χ0n) is 16.3. The maximum Gasteiger partial charge on any atom is 0.145 e. The van der Waals surface area contributed by atoms with Gasteiger partial charge in [0, 0.05) is 19.3 Å². The summed E-state index contributed by atoms with van der Waals surface area (Å²) in [5.74, 6) is 1.49. The van der Waals surface area contributed by atoms with Crippen LogP contribution in [0, 0.1) is 0 Å². The van der Waals surface area contributed by atoms with Crippen molar-refractivity contribution in [1.29, 1.82) is 0 Å². The van der Waals surface area contributed by atoms with E-state index in [1.807, 2.05) is 11.8 Å². The summed E-state index contributed by atoms with van der Waals surface area (Å²) >= 11 is 1.91. The lowest BCUT2D eigenvalue weighted by atomic mass is 9.87. The lowest BCUT2D eigenvalue weighted by molar-refractivity contribution is 0.689. The molecule has 140 valence electrons. The molecular formula is C21H30N4S. The third kappa shape index (κ3) is 3.08. The maximum atomic E-state index is 5.24. The summed E-state index contributed by atoms with van der Waals surface area (Å²) in [6.45, 7) is 5.56. The SMILES string of the molecule is CCCCC1=NC2Sc3c(ncnc3N(C)CCCC)C2C2=C1CCC2. The number of aliphatic imine (C=N–C) groups is 1. The first-order valence-electron chi connectivity index (χ1n) is 10.3. The Morgan fingerprint density at radius 2 is 2.00 bits per heavy atom. The maximum absolute atomic E-state index is 5.24. The van der Waals surface area contributed by atoms with E-state index in [0.29, 0.717) is 5.92 Å². The fourth-order valence-electron chi connectivity index (χ4n) is 4.48. The molecule has 0 saturated heterocycles. The molecule has 26 heavy (non-hydrogen) atoms. The van der Waals surface area contributed by atoms with Crippen molar-refractivity contribution in [2.45, 2.75) is 81.4 Å². The molecule has 3 aliphatic rings. The van der Waals surface area contributed by atoms with Crippen LogP contribution in [0.5, 0.6) is 0 Å². The monoisotopic (exact) mass is 370 g/mol. The zero-order chi connectivity index (χ0) is 18.1. The van der Waals surface area contributed by atoms with E-state index < -0.39 is 0 Å². The number of rotatable bonds is 7. The number of hydrogen-bond acceptors (Lipinski definition) is 5. The molecule has 2 unspecified atom stereocenters. The van der Waals surface area contributed by atoms with Crippen LogP contribution in [0.25, 0.3) is 0 Å². The molecule has 2 atom stereocenters. The summed E-state index contributed by atoms with van der Waals surface area (Å²) < 4.78 is 0. The molecule has 0 bridgehead atoms. The van der Waals surface area contributed by atoms with E-state index in [9.17, 15) is 0 Å². The van der Waals surface area contributed by atoms with Gasteiger partial charge in [-0.1, -0.05) is 44.0 Å². The molecule has 2 aliphatic heterocycles. The smallest absolute Gasteiger partial charge is 0.145 e. The van der Waals surface area contributed by atoms with Gasteiger partial charge >= 0.3 is 0 Å². The molecule has 1 aromatic heterocycles. The predicted octanol–water partition coefficient (Wildman–Crippen LogP) is 5.35. The zero-order valence-corrected chi connectivity index (χ0v) is 17.1. The van der Waals surface area contributed by atoms with Gasteiger partial charge in [0.1, 0.15) is 17.5 Å². The van der Waals surface area contributed by atoms with Gasteiger partial charge in [-0.3, -0.25) is 4.99 Å². The summed E-state index contributed by atoms with van der Waals surface area (Å²) in [5.41, 5.74) is 5.85. The highest BCUT2D eigenvalue weighted by atomic mass is 32.2. The van der Waals surface area contributed by atoms with Crippen molar-refractivity contribution in [3.8, 4) is 0 Å². The lowest BCUT2D eigenvalue weighted by Gasteiger charge is -2.26. The van der Waals surface area contributed by atoms with Crippen molar-refractivity contribution in [2.75, 3.05) is 18.5 Å². The molecule has 3 heterocycles. The Labute approximate surface area is 161 Å². The number of hydrogen-bond donors (Lipinski definition) is 0. The number of dihydropyridines is 1. The first-order chi connectivity index (χ1) is 12.7. The second-order valence-corrected chi connectivity index (χ2v) is 8.84. The number of unbranched alkanes of at least 4 members (excludes halogenated alkanes) is 2. The van der Waals surface area contributed by atoms with E-state index >= 15 is 0 Å². The van der Waals surface area contributed by atoms with Crippen LogP contribution in [-0.2, 0) is 0 Å². The summed E-state index contributed by atoms with van der Waals surface area (Å²) in [6, 6.07) is 0. The Kier molecular flexibility index (Phi) is 5.35. The Bertz CT molecular complexity index is 740. The number of thioether (sulfide) groups is 1. The van der Waals surface area contributed by atoms with E-state index in [-0.39, 0.29) is 5.37 Å². The average molecular weight is 371 g/mol. The molecule has 0 fully saturated rings. The largest absolute Gasteiger partial charge is 0.359 e. The van der Waals surface area contributed by atoms with Crippen LogP contribution in [0.2, 0.25) is 0 Å². The normalized spacial score (nSPS) is 23.6. The summed E-state index contributed by atoms with van der Waals surface area (Å²) in [4.78, 5) is 18.2. The summed E-state index contributed by atoms with van der Waals surface area (Å²) in [6.07, 6.45) is 11.5. The van der Waals surface area contributed by atoms with Gasteiger partial charge in [0.2, 0.25) is 0 Å². The molecule has 5 heteroatoms. The summed E-state index contributed by atoms with van der Waals surface area (Å²) in [5, 5.41) is 0.281. The first kappa shape index (κ1) is 18.0. The van der Waals surface area contributed by atoms with Gasteiger partial charge in [0.25, 0.3) is 0 Å². The predicted molar refractivity (Wildman–Crippen MR) is 110 cm³/mol. The average Bonchev–Trinajstić information content (AvgIpc) is 3.27. The molecule has 4 rings (SSSR count). The van der Waals surface area contributed by atoms with Crippen molar-refractivity contribution in [3.63, 3.8) is 0 Å². The number of aromatic nitrogens is 2. The second-order valence-electron chi connectivity index (χ2n) is 7.71. The molecule has 0 aromatic carbocycles. The third-order valence-electron chi connectivity index (χ3n) is 5.87. The molecule has 0 radical (unpaired) electrons. The van der Waals surface area contributed by atoms with E-state index in [2.05, 4.69) is 30.8 Å². The Morgan fingerprint density at radius 1 is 1.15 bits per heavy atom. The van der Waals surface area contributed by atoms with Crippen LogP contribution >= 0.6 is 11.8 Å². The van der Waals surface area contributed by atoms with Crippen molar-refractivity contribution < 1.29 is 0 Å². The number of anilines is 1. The van der Waals surface area contributed by atoms with Crippen molar-refractivity contribution in [2.24, 2.45) is 4.99 Å². The van der Waals surface area contributed by atoms with Crippen LogP contribution in [0.4, 0.5) is 5.82 Å². The summed E-state index contributed by atoms with van der Waals surface area (Å²) in [7, 11) is 2.16. The molecule has 0 amide bonds. The minimum atomic E-state index is 0.281. The molecule has 1 aliphatic carbocycles. The van der Waals surface area contributed by atoms with E-state index in [0.717, 1.165) is 18.8 Å². The lowest BCUT2D eigenvalue weighted by Crippen LogP contribution is -2.22. The van der Waals surface area contributed by atoms with Crippen LogP contribution in [0.1, 0.15) is 76.8 Å². The second kappa shape index (κ2) is 7.71. The molecule has 0 saturated carbocycles. The molecule has 0 N–H and O–H groups in total. The minimum Gasteiger partial charge on any atom is -0.359 e. The van der Waals surface area contributed by atoms with Crippen LogP contribution < -0.4 is 4.90 Å². The van der Waals surface area contributed by atoms with E-state index in [1.165, 1.54) is 61.2 Å². The minimum absolute atomic E-state index is 0.281. The molecule has 0 spiro atoms. The number of allylic oxidation sites excluding steroid dienone is 1. The van der Waals surface area contributed by atoms with Gasteiger partial charge in [0.05, 0.1) is 16.5 Å². The molecule has 4 nitrogen and oxygen atoms in total. The van der Waals surface area contributed by atoms with Gasteiger partial charge in [-0.15, -0.1) is 0 Å². The van der Waals surface area contributed by atoms with Gasteiger partial charge < -0.3 is 4.90 Å². The number of nitrogens with zero attached hydrogens (tertiary/aromatic N) is 4. The van der Waals surface area contributed by atoms with Gasteiger partial charge in [0.15, 0.2) is 0 Å². The highest BCUT2D eigenvalue weighted by Crippen LogP contribution is 2.56. The molecular weight excluding hydrogens is 340 g/mol.